The van der Waals surface area contributed by atoms with Crippen LogP contribution >= 0.6 is 0 Å². The Hall–Kier alpha value is -1.50. The summed E-state index contributed by atoms with van der Waals surface area (Å²) in [6.45, 7) is 0.401. The number of nitrogens with zero attached hydrogens (tertiary/aromatic N) is 1. The molecule has 0 radical (unpaired) electrons. The first-order chi connectivity index (χ1) is 8.81. The predicted molar refractivity (Wildman–Crippen MR) is 63.4 cm³/mol. The third kappa shape index (κ3) is 5.78. The number of amides is 1. The monoisotopic (exact) mass is 278 g/mol. The molecular formula is C12H17F3N2O2. The van der Waals surface area contributed by atoms with Gasteiger partial charge in [-0.3, -0.25) is 4.79 Å². The number of aliphatic hydroxyl groups excluding tert-OH is 1. The number of aromatic nitrogens is 1. The maximum atomic E-state index is 11.9. The first-order valence-corrected chi connectivity index (χ1v) is 5.99. The van der Waals surface area contributed by atoms with Gasteiger partial charge in [0.25, 0.3) is 0 Å². The number of nitrogens with one attached hydrogen (secondary N) is 1. The Morgan fingerprint density at radius 3 is 2.79 bits per heavy atom. The van der Waals surface area contributed by atoms with Gasteiger partial charge in [0.15, 0.2) is 0 Å². The summed E-state index contributed by atoms with van der Waals surface area (Å²) in [5.41, 5.74) is 0.658. The van der Waals surface area contributed by atoms with Crippen LogP contribution in [-0.4, -0.2) is 28.3 Å². The van der Waals surface area contributed by atoms with Gasteiger partial charge in [-0.1, -0.05) is 13.3 Å². The minimum Gasteiger partial charge on any atom is -0.388 e. The summed E-state index contributed by atoms with van der Waals surface area (Å²) >= 11 is 0. The second kappa shape index (κ2) is 6.60. The van der Waals surface area contributed by atoms with Crippen LogP contribution in [0.2, 0.25) is 0 Å². The SMILES string of the molecule is CCCC(O)c1ccn(CC(=O)NCC(F)(F)F)c1. The lowest BCUT2D eigenvalue weighted by atomic mass is 10.1. The third-order valence-electron chi connectivity index (χ3n) is 2.53. The Balaban J connectivity index is 2.47. The Morgan fingerprint density at radius 2 is 2.21 bits per heavy atom. The molecule has 0 spiro atoms. The molecule has 0 saturated heterocycles. The van der Waals surface area contributed by atoms with Crippen molar-refractivity contribution in [3.05, 3.63) is 24.0 Å². The molecule has 0 aliphatic rings. The van der Waals surface area contributed by atoms with Crippen LogP contribution in [0.3, 0.4) is 0 Å². The fourth-order valence-corrected chi connectivity index (χ4v) is 1.62. The van der Waals surface area contributed by atoms with E-state index < -0.39 is 24.7 Å². The van der Waals surface area contributed by atoms with E-state index in [4.69, 9.17) is 0 Å². The second-order valence-corrected chi connectivity index (χ2v) is 4.31. The smallest absolute Gasteiger partial charge is 0.388 e. The van der Waals surface area contributed by atoms with Gasteiger partial charge in [-0.05, 0) is 18.1 Å². The number of aliphatic hydroxyl groups is 1. The topological polar surface area (TPSA) is 54.3 Å². The molecule has 1 aromatic heterocycles. The first kappa shape index (κ1) is 15.6. The third-order valence-corrected chi connectivity index (χ3v) is 2.53. The molecule has 1 atom stereocenters. The van der Waals surface area contributed by atoms with Crippen molar-refractivity contribution in [3.8, 4) is 0 Å². The van der Waals surface area contributed by atoms with E-state index in [-0.39, 0.29) is 6.54 Å². The van der Waals surface area contributed by atoms with Crippen LogP contribution in [-0.2, 0) is 11.3 Å². The van der Waals surface area contributed by atoms with Crippen molar-refractivity contribution in [3.63, 3.8) is 0 Å². The predicted octanol–water partition coefficient (Wildman–Crippen LogP) is 2.00. The highest BCUT2D eigenvalue weighted by Gasteiger charge is 2.27. The number of halogens is 3. The van der Waals surface area contributed by atoms with Crippen molar-refractivity contribution >= 4 is 5.91 Å². The molecular weight excluding hydrogens is 261 g/mol. The molecule has 1 amide bonds. The molecule has 7 heteroatoms. The van der Waals surface area contributed by atoms with E-state index in [1.54, 1.807) is 23.8 Å². The largest absolute Gasteiger partial charge is 0.405 e. The van der Waals surface area contributed by atoms with E-state index in [1.807, 2.05) is 6.92 Å². The molecule has 0 bridgehead atoms. The average molecular weight is 278 g/mol. The molecule has 0 aromatic carbocycles. The summed E-state index contributed by atoms with van der Waals surface area (Å²) < 4.78 is 37.1. The first-order valence-electron chi connectivity index (χ1n) is 5.99. The molecule has 1 aromatic rings. The zero-order valence-corrected chi connectivity index (χ0v) is 10.6. The summed E-state index contributed by atoms with van der Waals surface area (Å²) in [6, 6.07) is 1.65. The van der Waals surface area contributed by atoms with Crippen molar-refractivity contribution in [2.75, 3.05) is 6.54 Å². The number of hydrogen-bond donors (Lipinski definition) is 2. The number of carbonyl (C=O) groups is 1. The van der Waals surface area contributed by atoms with E-state index in [0.717, 1.165) is 6.42 Å². The molecule has 0 aliphatic carbocycles. The highest BCUT2D eigenvalue weighted by molar-refractivity contribution is 5.75. The van der Waals surface area contributed by atoms with Crippen molar-refractivity contribution < 1.29 is 23.1 Å². The molecule has 108 valence electrons. The Morgan fingerprint density at radius 1 is 1.53 bits per heavy atom. The summed E-state index contributed by atoms with van der Waals surface area (Å²) in [5.74, 6) is -0.718. The van der Waals surface area contributed by atoms with E-state index in [0.29, 0.717) is 12.0 Å². The van der Waals surface area contributed by atoms with E-state index >= 15 is 0 Å². The van der Waals surface area contributed by atoms with Gasteiger partial charge in [0.1, 0.15) is 13.1 Å². The normalized spacial score (nSPS) is 13.3. The van der Waals surface area contributed by atoms with Crippen molar-refractivity contribution in [1.29, 1.82) is 0 Å². The van der Waals surface area contributed by atoms with Crippen LogP contribution in [0.4, 0.5) is 13.2 Å². The van der Waals surface area contributed by atoms with Crippen LogP contribution in [0.1, 0.15) is 31.4 Å². The quantitative estimate of drug-likeness (QED) is 0.836. The fourth-order valence-electron chi connectivity index (χ4n) is 1.62. The average Bonchev–Trinajstić information content (AvgIpc) is 2.74. The van der Waals surface area contributed by atoms with Gasteiger partial charge in [-0.25, -0.2) is 0 Å². The van der Waals surface area contributed by atoms with Crippen LogP contribution in [0.15, 0.2) is 18.5 Å². The van der Waals surface area contributed by atoms with E-state index in [9.17, 15) is 23.1 Å². The highest BCUT2D eigenvalue weighted by Crippen LogP contribution is 2.18. The number of alkyl halides is 3. The lowest BCUT2D eigenvalue weighted by molar-refractivity contribution is -0.138. The standard InChI is InChI=1S/C12H17F3N2O2/c1-2-3-10(18)9-4-5-17(6-9)7-11(19)16-8-12(13,14)15/h4-6,10,18H,2-3,7-8H2,1H3,(H,16,19). The second-order valence-electron chi connectivity index (χ2n) is 4.31. The van der Waals surface area contributed by atoms with Gasteiger partial charge in [0.2, 0.25) is 5.91 Å². The molecule has 1 rings (SSSR count). The number of hydrogen-bond acceptors (Lipinski definition) is 2. The fraction of sp³-hybridized carbons (Fsp3) is 0.583. The van der Waals surface area contributed by atoms with Gasteiger partial charge in [0, 0.05) is 12.4 Å². The van der Waals surface area contributed by atoms with Gasteiger partial charge in [0.05, 0.1) is 6.10 Å². The van der Waals surface area contributed by atoms with Gasteiger partial charge in [-0.2, -0.15) is 13.2 Å². The molecule has 0 saturated carbocycles. The molecule has 0 aliphatic heterocycles. The summed E-state index contributed by atoms with van der Waals surface area (Å²) in [4.78, 5) is 11.3. The van der Waals surface area contributed by atoms with Gasteiger partial charge in [-0.15, -0.1) is 0 Å². The maximum absolute atomic E-state index is 11.9. The van der Waals surface area contributed by atoms with Crippen LogP contribution in [0.5, 0.6) is 0 Å². The summed E-state index contributed by atoms with van der Waals surface area (Å²) in [6.07, 6.45) is -0.476. The van der Waals surface area contributed by atoms with Crippen molar-refractivity contribution in [1.82, 2.24) is 9.88 Å². The molecule has 0 fully saturated rings. The van der Waals surface area contributed by atoms with Gasteiger partial charge < -0.3 is 15.0 Å². The Bertz CT molecular complexity index is 415. The maximum Gasteiger partial charge on any atom is 0.405 e. The Labute approximate surface area is 109 Å². The van der Waals surface area contributed by atoms with Crippen LogP contribution in [0, 0.1) is 0 Å². The Kier molecular flexibility index (Phi) is 5.41. The van der Waals surface area contributed by atoms with Crippen LogP contribution < -0.4 is 5.32 Å². The van der Waals surface area contributed by atoms with Crippen molar-refractivity contribution in [2.24, 2.45) is 0 Å². The molecule has 2 N–H and O–H groups in total. The molecule has 4 nitrogen and oxygen atoms in total. The number of carbonyl (C=O) groups excluding carboxylic acids is 1. The van der Waals surface area contributed by atoms with Crippen LogP contribution in [0.25, 0.3) is 0 Å². The lowest BCUT2D eigenvalue weighted by Gasteiger charge is -2.09. The minimum atomic E-state index is -4.41. The number of rotatable bonds is 6. The summed E-state index contributed by atoms with van der Waals surface area (Å²) in [5, 5.41) is 11.5. The van der Waals surface area contributed by atoms with Gasteiger partial charge >= 0.3 is 6.18 Å². The molecule has 19 heavy (non-hydrogen) atoms. The summed E-state index contributed by atoms with van der Waals surface area (Å²) in [7, 11) is 0. The lowest BCUT2D eigenvalue weighted by Crippen LogP contribution is -2.35. The zero-order chi connectivity index (χ0) is 14.5. The molecule has 1 heterocycles. The van der Waals surface area contributed by atoms with E-state index in [1.165, 1.54) is 4.57 Å². The zero-order valence-electron chi connectivity index (χ0n) is 10.6. The van der Waals surface area contributed by atoms with E-state index in [2.05, 4.69) is 0 Å². The van der Waals surface area contributed by atoms with Crippen molar-refractivity contribution in [2.45, 2.75) is 38.6 Å². The minimum absolute atomic E-state index is 0.199. The molecule has 1 unspecified atom stereocenters. The highest BCUT2D eigenvalue weighted by atomic mass is 19.4.